The molecule has 0 spiro atoms. The first kappa shape index (κ1) is 21.8. The van der Waals surface area contributed by atoms with Gasteiger partial charge in [-0.15, -0.1) is 0 Å². The zero-order valence-corrected chi connectivity index (χ0v) is 20.1. The first-order valence-corrected chi connectivity index (χ1v) is 12.1. The second-order valence-corrected chi connectivity index (χ2v) is 9.33. The smallest absolute Gasteiger partial charge is 0.349 e. The lowest BCUT2D eigenvalue weighted by Crippen LogP contribution is -2.21. The Morgan fingerprint density at radius 1 is 1.12 bits per heavy atom. The zero-order valence-electron chi connectivity index (χ0n) is 17.7. The molecule has 0 aliphatic carbocycles. The van der Waals surface area contributed by atoms with Crippen LogP contribution in [0.25, 0.3) is 32.0 Å². The Kier molecular flexibility index (Phi) is 5.97. The zero-order chi connectivity index (χ0) is 22.9. The summed E-state index contributed by atoms with van der Waals surface area (Å²) in [4.78, 5) is 30.6. The van der Waals surface area contributed by atoms with Crippen molar-refractivity contribution < 1.29 is 13.9 Å². The molecule has 0 radical (unpaired) electrons. The van der Waals surface area contributed by atoms with Crippen molar-refractivity contribution in [3.05, 3.63) is 85.9 Å². The van der Waals surface area contributed by atoms with E-state index in [0.29, 0.717) is 35.5 Å². The molecule has 2 aromatic heterocycles. The number of halogens is 1. The molecule has 2 heterocycles. The Hall–Kier alpha value is -3.07. The number of amides is 1. The summed E-state index contributed by atoms with van der Waals surface area (Å²) < 4.78 is 14.8. The van der Waals surface area contributed by atoms with Crippen molar-refractivity contribution >= 4 is 65.1 Å². The van der Waals surface area contributed by atoms with Crippen LogP contribution in [0.15, 0.2) is 79.3 Å². The number of hydrogen-bond donors (Lipinski definition) is 0. The van der Waals surface area contributed by atoms with Gasteiger partial charge in [-0.1, -0.05) is 57.6 Å². The van der Waals surface area contributed by atoms with Crippen molar-refractivity contribution in [3.63, 3.8) is 0 Å². The molecule has 0 bridgehead atoms. The molecule has 0 saturated carbocycles. The number of thiazole rings is 1. The van der Waals surface area contributed by atoms with Crippen LogP contribution in [0, 0.1) is 0 Å². The number of hydrogen-bond acceptors (Lipinski definition) is 5. The fourth-order valence-electron chi connectivity index (χ4n) is 3.82. The summed E-state index contributed by atoms with van der Waals surface area (Å²) in [6, 6.07) is 18.9. The van der Waals surface area contributed by atoms with Gasteiger partial charge >= 0.3 is 5.63 Å². The van der Waals surface area contributed by atoms with E-state index in [-0.39, 0.29) is 5.56 Å². The molecule has 0 aliphatic heterocycles. The third-order valence-corrected chi connectivity index (χ3v) is 6.91. The predicted molar refractivity (Wildman–Crippen MR) is 134 cm³/mol. The van der Waals surface area contributed by atoms with Crippen molar-refractivity contribution in [3.8, 4) is 0 Å². The molecule has 0 atom stereocenters. The summed E-state index contributed by atoms with van der Waals surface area (Å²) in [5, 5.41) is 2.61. The summed E-state index contributed by atoms with van der Waals surface area (Å²) in [5.41, 5.74) is 0.602. The van der Waals surface area contributed by atoms with Gasteiger partial charge in [0.1, 0.15) is 11.1 Å². The maximum absolute atomic E-state index is 13.2. The highest BCUT2D eigenvalue weighted by molar-refractivity contribution is 9.10. The van der Waals surface area contributed by atoms with Gasteiger partial charge in [0.15, 0.2) is 4.80 Å². The SMILES string of the molecule is CCOCCn1c(=NC(=O)c2cc3c(ccc4ccccc43)oc2=O)sc2cc(Br)ccc21. The molecule has 5 rings (SSSR count). The second kappa shape index (κ2) is 9.05. The van der Waals surface area contributed by atoms with Crippen LogP contribution in [0.4, 0.5) is 0 Å². The van der Waals surface area contributed by atoms with Crippen molar-refractivity contribution in [2.24, 2.45) is 4.99 Å². The van der Waals surface area contributed by atoms with Crippen LogP contribution in [0.1, 0.15) is 17.3 Å². The topological polar surface area (TPSA) is 73.8 Å². The Balaban J connectivity index is 1.66. The molecule has 0 unspecified atom stereocenters. The van der Waals surface area contributed by atoms with E-state index >= 15 is 0 Å². The van der Waals surface area contributed by atoms with E-state index in [1.807, 2.05) is 60.0 Å². The average molecular weight is 523 g/mol. The molecule has 33 heavy (non-hydrogen) atoms. The average Bonchev–Trinajstić information content (AvgIpc) is 3.14. The van der Waals surface area contributed by atoms with Crippen molar-refractivity contribution in [2.75, 3.05) is 13.2 Å². The van der Waals surface area contributed by atoms with Crippen LogP contribution in [0.2, 0.25) is 0 Å². The van der Waals surface area contributed by atoms with E-state index in [1.54, 1.807) is 12.1 Å². The first-order chi connectivity index (χ1) is 16.0. The van der Waals surface area contributed by atoms with E-state index < -0.39 is 11.5 Å². The van der Waals surface area contributed by atoms with Gasteiger partial charge in [0, 0.05) is 23.0 Å². The largest absolute Gasteiger partial charge is 0.422 e. The first-order valence-electron chi connectivity index (χ1n) is 10.5. The van der Waals surface area contributed by atoms with Crippen LogP contribution in [0.3, 0.4) is 0 Å². The van der Waals surface area contributed by atoms with Gasteiger partial charge in [-0.25, -0.2) is 4.79 Å². The highest BCUT2D eigenvalue weighted by Gasteiger charge is 2.16. The molecular formula is C25H19BrN2O4S. The molecule has 0 aliphatic rings. The fourth-order valence-corrected chi connectivity index (χ4v) is 5.42. The van der Waals surface area contributed by atoms with Gasteiger partial charge in [-0.2, -0.15) is 4.99 Å². The Morgan fingerprint density at radius 2 is 1.97 bits per heavy atom. The maximum atomic E-state index is 13.2. The molecule has 8 heteroatoms. The molecule has 166 valence electrons. The Morgan fingerprint density at radius 3 is 2.82 bits per heavy atom. The van der Waals surface area contributed by atoms with Crippen molar-refractivity contribution in [1.82, 2.24) is 4.57 Å². The monoisotopic (exact) mass is 522 g/mol. The highest BCUT2D eigenvalue weighted by Crippen LogP contribution is 2.25. The number of rotatable bonds is 5. The molecular weight excluding hydrogens is 504 g/mol. The highest BCUT2D eigenvalue weighted by atomic mass is 79.9. The molecule has 0 saturated heterocycles. The van der Waals surface area contributed by atoms with Crippen LogP contribution in [-0.2, 0) is 11.3 Å². The Labute approximate surface area is 200 Å². The van der Waals surface area contributed by atoms with E-state index in [4.69, 9.17) is 9.15 Å². The van der Waals surface area contributed by atoms with Crippen LogP contribution in [-0.4, -0.2) is 23.7 Å². The number of aromatic nitrogens is 1. The number of nitrogens with zero attached hydrogens (tertiary/aromatic N) is 2. The quantitative estimate of drug-likeness (QED) is 0.173. The summed E-state index contributed by atoms with van der Waals surface area (Å²) in [7, 11) is 0. The number of carbonyl (C=O) groups excluding carboxylic acids is 1. The molecule has 1 amide bonds. The standard InChI is InChI=1S/C25H19BrN2O4S/c1-2-31-12-11-28-20-9-8-16(26)13-22(20)33-25(28)27-23(29)19-14-18-17-6-4-3-5-15(17)7-10-21(18)32-24(19)30/h3-10,13-14H,2,11-12H2,1H3. The number of carbonyl (C=O) groups is 1. The van der Waals surface area contributed by atoms with Gasteiger partial charge in [0.2, 0.25) is 0 Å². The Bertz CT molecular complexity index is 1650. The molecule has 6 nitrogen and oxygen atoms in total. The minimum atomic E-state index is -0.698. The summed E-state index contributed by atoms with van der Waals surface area (Å²) in [5.74, 6) is -0.630. The van der Waals surface area contributed by atoms with Gasteiger partial charge in [0.05, 0.1) is 16.8 Å². The third-order valence-electron chi connectivity index (χ3n) is 5.38. The number of ether oxygens (including phenoxy) is 1. The van der Waals surface area contributed by atoms with Gasteiger partial charge in [0.25, 0.3) is 5.91 Å². The van der Waals surface area contributed by atoms with E-state index in [0.717, 1.165) is 25.5 Å². The lowest BCUT2D eigenvalue weighted by Gasteiger charge is -2.06. The van der Waals surface area contributed by atoms with Crippen molar-refractivity contribution in [2.45, 2.75) is 13.5 Å². The fraction of sp³-hybridized carbons (Fsp3) is 0.160. The molecule has 3 aromatic carbocycles. The minimum absolute atomic E-state index is 0.0890. The maximum Gasteiger partial charge on any atom is 0.349 e. The lowest BCUT2D eigenvalue weighted by atomic mass is 10.0. The summed E-state index contributed by atoms with van der Waals surface area (Å²) >= 11 is 4.88. The third kappa shape index (κ3) is 4.17. The normalized spacial score (nSPS) is 12.2. The van der Waals surface area contributed by atoms with Crippen LogP contribution >= 0.6 is 27.3 Å². The second-order valence-electron chi connectivity index (χ2n) is 7.41. The van der Waals surface area contributed by atoms with Crippen LogP contribution < -0.4 is 10.4 Å². The summed E-state index contributed by atoms with van der Waals surface area (Å²) in [6.07, 6.45) is 0. The summed E-state index contributed by atoms with van der Waals surface area (Å²) in [6.45, 7) is 3.57. The van der Waals surface area contributed by atoms with Crippen molar-refractivity contribution in [1.29, 1.82) is 0 Å². The molecule has 5 aromatic rings. The number of fused-ring (bicyclic) bond motifs is 4. The molecule has 0 N–H and O–H groups in total. The number of benzene rings is 3. The van der Waals surface area contributed by atoms with Gasteiger partial charge in [-0.3, -0.25) is 4.79 Å². The van der Waals surface area contributed by atoms with E-state index in [2.05, 4.69) is 20.9 Å². The van der Waals surface area contributed by atoms with Crippen LogP contribution in [0.5, 0.6) is 0 Å². The van der Waals surface area contributed by atoms with E-state index in [9.17, 15) is 9.59 Å². The molecule has 0 fully saturated rings. The minimum Gasteiger partial charge on any atom is -0.422 e. The van der Waals surface area contributed by atoms with E-state index in [1.165, 1.54) is 11.3 Å². The van der Waals surface area contributed by atoms with Gasteiger partial charge in [-0.05, 0) is 48.0 Å². The predicted octanol–water partition coefficient (Wildman–Crippen LogP) is 5.50. The lowest BCUT2D eigenvalue weighted by molar-refractivity contribution is 0.0993. The van der Waals surface area contributed by atoms with Gasteiger partial charge < -0.3 is 13.7 Å².